The highest BCUT2D eigenvalue weighted by Gasteiger charge is 2.22. The largest absolute Gasteiger partial charge is 0.287 e. The lowest BCUT2D eigenvalue weighted by atomic mass is 9.98. The van der Waals surface area contributed by atoms with Crippen LogP contribution in [0.4, 0.5) is 0 Å². The zero-order valence-electron chi connectivity index (χ0n) is 7.92. The van der Waals surface area contributed by atoms with Crippen molar-refractivity contribution in [3.63, 3.8) is 0 Å². The molecule has 0 aromatic heterocycles. The molecule has 0 spiro atoms. The van der Waals surface area contributed by atoms with E-state index in [1.54, 1.807) is 0 Å². The third kappa shape index (κ3) is 2.69. The fourth-order valence-corrected chi connectivity index (χ4v) is 1.89. The minimum atomic E-state index is 0. The van der Waals surface area contributed by atoms with Crippen LogP contribution < -0.4 is 0 Å². The molecule has 1 aliphatic rings. The van der Waals surface area contributed by atoms with Crippen LogP contribution in [0.15, 0.2) is 0 Å². The molecule has 0 N–H and O–H groups in total. The summed E-state index contributed by atoms with van der Waals surface area (Å²) in [5, 5.41) is 0. The molecule has 2 unspecified atom stereocenters. The van der Waals surface area contributed by atoms with Crippen LogP contribution in [0.3, 0.4) is 0 Å². The summed E-state index contributed by atoms with van der Waals surface area (Å²) in [5.41, 5.74) is 0. The van der Waals surface area contributed by atoms with Crippen molar-refractivity contribution >= 4 is 12.4 Å². The molecule has 12 heavy (non-hydrogen) atoms. The summed E-state index contributed by atoms with van der Waals surface area (Å²) in [5.74, 6) is 2.72. The van der Waals surface area contributed by atoms with Gasteiger partial charge in [-0.25, -0.2) is 0 Å². The average molecular weight is 188 g/mol. The number of likely N-dealkylation sites (tertiary alicyclic amines) is 1. The quantitative estimate of drug-likeness (QED) is 0.570. The minimum Gasteiger partial charge on any atom is -0.287 e. The maximum absolute atomic E-state index is 5.29. The summed E-state index contributed by atoms with van der Waals surface area (Å²) in [4.78, 5) is 2.42. The first kappa shape index (κ1) is 11.8. The van der Waals surface area contributed by atoms with Crippen molar-refractivity contribution in [2.24, 2.45) is 0 Å². The zero-order valence-corrected chi connectivity index (χ0v) is 8.73. The molecule has 0 bridgehead atoms. The molecule has 0 saturated carbocycles. The van der Waals surface area contributed by atoms with Crippen LogP contribution in [0.1, 0.15) is 33.1 Å². The van der Waals surface area contributed by atoms with Gasteiger partial charge in [-0.2, -0.15) is 0 Å². The Morgan fingerprint density at radius 1 is 1.33 bits per heavy atom. The van der Waals surface area contributed by atoms with Gasteiger partial charge in [-0.3, -0.25) is 4.90 Å². The molecule has 1 heterocycles. The summed E-state index contributed by atoms with van der Waals surface area (Å²) in [6.07, 6.45) is 9.28. The Morgan fingerprint density at radius 2 is 1.83 bits per heavy atom. The van der Waals surface area contributed by atoms with Gasteiger partial charge in [0.15, 0.2) is 0 Å². The van der Waals surface area contributed by atoms with Crippen LogP contribution in [-0.2, 0) is 0 Å². The molecule has 2 atom stereocenters. The van der Waals surface area contributed by atoms with E-state index in [0.29, 0.717) is 12.1 Å². The van der Waals surface area contributed by atoms with Crippen molar-refractivity contribution < 1.29 is 0 Å². The first-order chi connectivity index (χ1) is 5.25. The van der Waals surface area contributed by atoms with Gasteiger partial charge in [0.1, 0.15) is 0 Å². The molecule has 0 radical (unpaired) electrons. The topological polar surface area (TPSA) is 3.24 Å². The maximum Gasteiger partial charge on any atom is 0.0603 e. The molecular weight excluding hydrogens is 170 g/mol. The van der Waals surface area contributed by atoms with Crippen molar-refractivity contribution in [2.75, 3.05) is 6.54 Å². The molecule has 1 aliphatic heterocycles. The SMILES string of the molecule is C#CCN1C(C)CCCC1C.Cl. The number of halogens is 1. The lowest BCUT2D eigenvalue weighted by Crippen LogP contribution is -2.43. The smallest absolute Gasteiger partial charge is 0.0603 e. The highest BCUT2D eigenvalue weighted by atomic mass is 35.5. The van der Waals surface area contributed by atoms with Gasteiger partial charge in [0, 0.05) is 12.1 Å². The van der Waals surface area contributed by atoms with Crippen LogP contribution in [0, 0.1) is 12.3 Å². The summed E-state index contributed by atoms with van der Waals surface area (Å²) >= 11 is 0. The van der Waals surface area contributed by atoms with Gasteiger partial charge >= 0.3 is 0 Å². The van der Waals surface area contributed by atoms with E-state index < -0.39 is 0 Å². The first-order valence-corrected chi connectivity index (χ1v) is 4.45. The van der Waals surface area contributed by atoms with Crippen LogP contribution in [0.5, 0.6) is 0 Å². The van der Waals surface area contributed by atoms with E-state index in [2.05, 4.69) is 24.7 Å². The van der Waals surface area contributed by atoms with E-state index in [4.69, 9.17) is 6.42 Å². The molecule has 70 valence electrons. The van der Waals surface area contributed by atoms with E-state index in [0.717, 1.165) is 6.54 Å². The Labute approximate surface area is 81.9 Å². The van der Waals surface area contributed by atoms with Crippen molar-refractivity contribution in [2.45, 2.75) is 45.2 Å². The molecule has 1 fully saturated rings. The normalized spacial score (nSPS) is 30.4. The Balaban J connectivity index is 0.00000121. The van der Waals surface area contributed by atoms with Crippen molar-refractivity contribution in [3.8, 4) is 12.3 Å². The van der Waals surface area contributed by atoms with Gasteiger partial charge in [-0.15, -0.1) is 18.8 Å². The molecule has 1 rings (SSSR count). The Morgan fingerprint density at radius 3 is 2.25 bits per heavy atom. The Hall–Kier alpha value is -0.190. The molecule has 1 nitrogen and oxygen atoms in total. The monoisotopic (exact) mass is 187 g/mol. The zero-order chi connectivity index (χ0) is 8.27. The second-order valence-corrected chi connectivity index (χ2v) is 3.51. The highest BCUT2D eigenvalue weighted by Crippen LogP contribution is 2.21. The van der Waals surface area contributed by atoms with E-state index >= 15 is 0 Å². The van der Waals surface area contributed by atoms with Crippen LogP contribution >= 0.6 is 12.4 Å². The second kappa shape index (κ2) is 5.45. The molecular formula is C10H18ClN. The molecule has 0 aromatic rings. The molecule has 1 saturated heterocycles. The highest BCUT2D eigenvalue weighted by molar-refractivity contribution is 5.85. The summed E-state index contributed by atoms with van der Waals surface area (Å²) in [7, 11) is 0. The summed E-state index contributed by atoms with van der Waals surface area (Å²) < 4.78 is 0. The number of rotatable bonds is 1. The number of piperidine rings is 1. The Kier molecular flexibility index (Phi) is 5.37. The molecule has 0 aliphatic carbocycles. The second-order valence-electron chi connectivity index (χ2n) is 3.51. The predicted octanol–water partition coefficient (Wildman–Crippen LogP) is 2.30. The van der Waals surface area contributed by atoms with Crippen molar-refractivity contribution in [1.29, 1.82) is 0 Å². The third-order valence-corrected chi connectivity index (χ3v) is 2.65. The van der Waals surface area contributed by atoms with Crippen molar-refractivity contribution in [1.82, 2.24) is 4.90 Å². The number of terminal acetylenes is 1. The molecule has 2 heteroatoms. The molecule has 0 aromatic carbocycles. The average Bonchev–Trinajstić information content (AvgIpc) is 1.97. The summed E-state index contributed by atoms with van der Waals surface area (Å²) in [6.45, 7) is 5.36. The fraction of sp³-hybridized carbons (Fsp3) is 0.800. The van der Waals surface area contributed by atoms with Gasteiger partial charge in [-0.1, -0.05) is 12.3 Å². The van der Waals surface area contributed by atoms with Gasteiger partial charge in [0.25, 0.3) is 0 Å². The van der Waals surface area contributed by atoms with Gasteiger partial charge in [0.05, 0.1) is 6.54 Å². The van der Waals surface area contributed by atoms with Crippen LogP contribution in [-0.4, -0.2) is 23.5 Å². The number of hydrogen-bond donors (Lipinski definition) is 0. The van der Waals surface area contributed by atoms with Crippen LogP contribution in [0.25, 0.3) is 0 Å². The first-order valence-electron chi connectivity index (χ1n) is 4.45. The van der Waals surface area contributed by atoms with E-state index in [9.17, 15) is 0 Å². The van der Waals surface area contributed by atoms with E-state index in [-0.39, 0.29) is 12.4 Å². The van der Waals surface area contributed by atoms with Crippen molar-refractivity contribution in [3.05, 3.63) is 0 Å². The number of nitrogens with zero attached hydrogens (tertiary/aromatic N) is 1. The fourth-order valence-electron chi connectivity index (χ4n) is 1.89. The third-order valence-electron chi connectivity index (χ3n) is 2.65. The van der Waals surface area contributed by atoms with E-state index in [1.165, 1.54) is 19.3 Å². The lowest BCUT2D eigenvalue weighted by molar-refractivity contribution is 0.121. The standard InChI is InChI=1S/C10H17N.ClH/c1-4-8-11-9(2)6-5-7-10(11)3;/h1,9-10H,5-8H2,2-3H3;1H. The molecule has 0 amide bonds. The Bertz CT molecular complexity index is 152. The lowest BCUT2D eigenvalue weighted by Gasteiger charge is -2.37. The van der Waals surface area contributed by atoms with Crippen LogP contribution in [0.2, 0.25) is 0 Å². The predicted molar refractivity (Wildman–Crippen MR) is 55.6 cm³/mol. The number of hydrogen-bond acceptors (Lipinski definition) is 1. The minimum absolute atomic E-state index is 0. The van der Waals surface area contributed by atoms with Gasteiger partial charge in [0.2, 0.25) is 0 Å². The van der Waals surface area contributed by atoms with E-state index in [1.807, 2.05) is 0 Å². The summed E-state index contributed by atoms with van der Waals surface area (Å²) in [6, 6.07) is 1.38. The van der Waals surface area contributed by atoms with Gasteiger partial charge < -0.3 is 0 Å². The van der Waals surface area contributed by atoms with Gasteiger partial charge in [-0.05, 0) is 26.7 Å². The maximum atomic E-state index is 5.29.